The number of halogens is 3. The highest BCUT2D eigenvalue weighted by Gasteiger charge is 2.31. The van der Waals surface area contributed by atoms with Crippen LogP contribution in [0.25, 0.3) is 10.9 Å². The Morgan fingerprint density at radius 2 is 1.90 bits per heavy atom. The van der Waals surface area contributed by atoms with E-state index in [4.69, 9.17) is 5.21 Å². The number of nitrogens with zero attached hydrogens (tertiary/aromatic N) is 2. The van der Waals surface area contributed by atoms with Crippen LogP contribution < -0.4 is 9.79 Å². The fourth-order valence-electron chi connectivity index (χ4n) is 2.81. The Bertz CT molecular complexity index is 1080. The summed E-state index contributed by atoms with van der Waals surface area (Å²) in [4.78, 5) is 15.9. The molecule has 152 valence electrons. The summed E-state index contributed by atoms with van der Waals surface area (Å²) in [6, 6.07) is 11.0. The van der Waals surface area contributed by atoms with Crippen LogP contribution in [0.2, 0.25) is 0 Å². The lowest BCUT2D eigenvalue weighted by atomic mass is 10.1. The Balaban J connectivity index is 2.25. The molecule has 1 amide bonds. The maximum absolute atomic E-state index is 13.0. The summed E-state index contributed by atoms with van der Waals surface area (Å²) in [6.45, 7) is -0.192. The first kappa shape index (κ1) is 20.7. The van der Waals surface area contributed by atoms with Gasteiger partial charge in [-0.15, -0.1) is 0 Å². The van der Waals surface area contributed by atoms with Crippen molar-refractivity contribution < 1.29 is 31.9 Å². The number of amides is 1. The third kappa shape index (κ3) is 4.36. The molecule has 1 heterocycles. The number of carbonyl (C=O) groups excluding carboxylic acids is 1. The van der Waals surface area contributed by atoms with Crippen molar-refractivity contribution in [3.05, 3.63) is 71.4 Å². The van der Waals surface area contributed by atoms with E-state index in [1.54, 1.807) is 30.3 Å². The maximum Gasteiger partial charge on any atom is 0.416 e. The minimum absolute atomic E-state index is 0.000712. The number of nitrogens with one attached hydrogen (secondary N) is 1. The molecule has 1 atom stereocenters. The van der Waals surface area contributed by atoms with Gasteiger partial charge in [0.1, 0.15) is 0 Å². The van der Waals surface area contributed by atoms with Gasteiger partial charge in [0.2, 0.25) is 0 Å². The fraction of sp³-hybridized carbons (Fsp3) is 0.111. The number of aromatic nitrogens is 1. The first-order valence-electron chi connectivity index (χ1n) is 8.07. The molecule has 0 radical (unpaired) electrons. The van der Waals surface area contributed by atoms with Crippen molar-refractivity contribution in [2.75, 3.05) is 4.31 Å². The molecule has 3 aromatic rings. The van der Waals surface area contributed by atoms with Gasteiger partial charge in [-0.2, -0.15) is 13.2 Å². The molecule has 1 unspecified atom stereocenters. The van der Waals surface area contributed by atoms with Gasteiger partial charge in [0.15, 0.2) is 0 Å². The van der Waals surface area contributed by atoms with E-state index in [0.717, 1.165) is 28.7 Å². The third-order valence-corrected chi connectivity index (χ3v) is 4.78. The van der Waals surface area contributed by atoms with Crippen LogP contribution in [-0.4, -0.2) is 24.9 Å². The number of hydrogen-bond acceptors (Lipinski definition) is 5. The predicted octanol–water partition coefficient (Wildman–Crippen LogP) is 3.17. The summed E-state index contributed by atoms with van der Waals surface area (Å²) in [5, 5.41) is 9.00. The summed E-state index contributed by atoms with van der Waals surface area (Å²) in [7, 11) is 0. The molecule has 0 saturated carbocycles. The summed E-state index contributed by atoms with van der Waals surface area (Å²) in [6.07, 6.45) is -3.71. The van der Waals surface area contributed by atoms with Gasteiger partial charge in [0.25, 0.3) is 5.91 Å². The van der Waals surface area contributed by atoms with Crippen molar-refractivity contribution >= 4 is 33.8 Å². The zero-order valence-corrected chi connectivity index (χ0v) is 15.3. The molecule has 0 aliphatic carbocycles. The Kier molecular flexibility index (Phi) is 5.82. The van der Waals surface area contributed by atoms with E-state index in [0.29, 0.717) is 5.56 Å². The molecule has 3 rings (SSSR count). The average molecular weight is 424 g/mol. The van der Waals surface area contributed by atoms with Gasteiger partial charge >= 0.3 is 6.18 Å². The van der Waals surface area contributed by atoms with Crippen LogP contribution in [0.5, 0.6) is 0 Å². The highest BCUT2D eigenvalue weighted by Crippen LogP contribution is 2.36. The van der Waals surface area contributed by atoms with Crippen LogP contribution in [0.4, 0.5) is 18.9 Å². The van der Waals surface area contributed by atoms with E-state index >= 15 is 0 Å². The van der Waals surface area contributed by atoms with E-state index in [9.17, 15) is 26.7 Å². The minimum Gasteiger partial charge on any atom is -0.755 e. The number of anilines is 1. The number of hydroxylamine groups is 1. The SMILES string of the molecule is O=C(NO)c1cnc2cc(C(F)(F)F)ccc2c1N(Cc1ccccc1)S(=O)[O-]. The number of benzene rings is 2. The molecule has 0 spiro atoms. The van der Waals surface area contributed by atoms with Gasteiger partial charge in [-0.05, 0) is 17.7 Å². The average Bonchev–Trinajstić information content (AvgIpc) is 2.70. The summed E-state index contributed by atoms with van der Waals surface area (Å²) in [5.74, 6) is -1.06. The molecular formula is C18H13F3N3O4S-. The van der Waals surface area contributed by atoms with E-state index in [1.807, 2.05) is 0 Å². The number of hydrogen-bond donors (Lipinski definition) is 2. The number of fused-ring (bicyclic) bond motifs is 1. The molecule has 0 fully saturated rings. The molecule has 0 saturated heterocycles. The molecular weight excluding hydrogens is 411 g/mol. The number of pyridine rings is 1. The molecule has 2 aromatic carbocycles. The highest BCUT2D eigenvalue weighted by atomic mass is 32.2. The zero-order valence-electron chi connectivity index (χ0n) is 14.5. The lowest BCUT2D eigenvalue weighted by Crippen LogP contribution is -2.29. The Hall–Kier alpha value is -3.02. The van der Waals surface area contributed by atoms with Gasteiger partial charge in [-0.1, -0.05) is 36.4 Å². The molecule has 29 heavy (non-hydrogen) atoms. The number of rotatable bonds is 5. The molecule has 2 N–H and O–H groups in total. The van der Waals surface area contributed by atoms with Gasteiger partial charge in [-0.25, -0.2) is 5.48 Å². The second kappa shape index (κ2) is 8.15. The van der Waals surface area contributed by atoms with Crippen LogP contribution in [0.15, 0.2) is 54.7 Å². The normalized spacial score (nSPS) is 12.6. The molecule has 0 aliphatic rings. The lowest BCUT2D eigenvalue weighted by Gasteiger charge is -2.29. The molecule has 11 heteroatoms. The minimum atomic E-state index is -4.62. The van der Waals surface area contributed by atoms with Gasteiger partial charge in [-0.3, -0.25) is 23.5 Å². The van der Waals surface area contributed by atoms with Crippen molar-refractivity contribution in [1.29, 1.82) is 0 Å². The van der Waals surface area contributed by atoms with Crippen LogP contribution >= 0.6 is 0 Å². The first-order chi connectivity index (χ1) is 13.7. The Morgan fingerprint density at radius 1 is 1.21 bits per heavy atom. The second-order valence-corrected chi connectivity index (χ2v) is 6.81. The summed E-state index contributed by atoms with van der Waals surface area (Å²) < 4.78 is 63.8. The molecule has 1 aromatic heterocycles. The molecule has 0 bridgehead atoms. The second-order valence-electron chi connectivity index (χ2n) is 5.93. The van der Waals surface area contributed by atoms with Crippen molar-refractivity contribution in [2.45, 2.75) is 12.7 Å². The van der Waals surface area contributed by atoms with Gasteiger partial charge in [0, 0.05) is 22.8 Å². The predicted molar refractivity (Wildman–Crippen MR) is 97.5 cm³/mol. The smallest absolute Gasteiger partial charge is 0.416 e. The standard InChI is InChI=1S/C18H14F3N3O4S/c19-18(20,21)12-6-7-13-15(8-12)22-9-14(17(25)23-26)16(13)24(29(27)28)10-11-4-2-1-3-5-11/h1-9,26H,10H2,(H,23,25)(H,27,28)/p-1. The quantitative estimate of drug-likeness (QED) is 0.372. The largest absolute Gasteiger partial charge is 0.755 e. The monoisotopic (exact) mass is 424 g/mol. The fourth-order valence-corrected chi connectivity index (χ4v) is 3.41. The topological polar surface area (TPSA) is 106 Å². The number of carbonyl (C=O) groups is 1. The van der Waals surface area contributed by atoms with Crippen molar-refractivity contribution in [2.24, 2.45) is 0 Å². The Labute approximate surface area is 165 Å². The van der Waals surface area contributed by atoms with Crippen LogP contribution in [-0.2, 0) is 24.0 Å². The lowest BCUT2D eigenvalue weighted by molar-refractivity contribution is -0.137. The Morgan fingerprint density at radius 3 is 2.48 bits per heavy atom. The zero-order chi connectivity index (χ0) is 21.2. The third-order valence-electron chi connectivity index (χ3n) is 4.11. The van der Waals surface area contributed by atoms with Crippen LogP contribution in [0.1, 0.15) is 21.5 Å². The van der Waals surface area contributed by atoms with E-state index in [2.05, 4.69) is 4.98 Å². The van der Waals surface area contributed by atoms with Crippen LogP contribution in [0, 0.1) is 0 Å². The van der Waals surface area contributed by atoms with Crippen molar-refractivity contribution in [3.8, 4) is 0 Å². The maximum atomic E-state index is 13.0. The highest BCUT2D eigenvalue weighted by molar-refractivity contribution is 7.80. The van der Waals surface area contributed by atoms with Gasteiger partial charge in [0.05, 0.1) is 28.9 Å². The summed E-state index contributed by atoms with van der Waals surface area (Å²) in [5.41, 5.74) is 0.314. The van der Waals surface area contributed by atoms with E-state index < -0.39 is 28.9 Å². The van der Waals surface area contributed by atoms with E-state index in [-0.39, 0.29) is 28.7 Å². The molecule has 0 aliphatic heterocycles. The number of alkyl halides is 3. The van der Waals surface area contributed by atoms with Crippen LogP contribution in [0.3, 0.4) is 0 Å². The van der Waals surface area contributed by atoms with Crippen molar-refractivity contribution in [1.82, 2.24) is 10.5 Å². The van der Waals surface area contributed by atoms with E-state index in [1.165, 1.54) is 5.48 Å². The van der Waals surface area contributed by atoms with Gasteiger partial charge < -0.3 is 4.55 Å². The first-order valence-corrected chi connectivity index (χ1v) is 9.10. The summed E-state index contributed by atoms with van der Waals surface area (Å²) >= 11 is -2.89. The molecule has 7 nitrogen and oxygen atoms in total. The van der Waals surface area contributed by atoms with Crippen molar-refractivity contribution in [3.63, 3.8) is 0 Å².